The van der Waals surface area contributed by atoms with Crippen molar-refractivity contribution in [3.8, 4) is 0 Å². The van der Waals surface area contributed by atoms with E-state index in [9.17, 15) is 0 Å². The van der Waals surface area contributed by atoms with Crippen molar-refractivity contribution in [1.82, 2.24) is 0 Å². The molecule has 188 valence electrons. The number of hydrogen-bond acceptors (Lipinski definition) is 0. The zero-order valence-electron chi connectivity index (χ0n) is 13.0. The van der Waals surface area contributed by atoms with Gasteiger partial charge >= 0.3 is 0 Å². The van der Waals surface area contributed by atoms with Gasteiger partial charge in [-0.1, -0.05) is 335 Å². The van der Waals surface area contributed by atoms with Gasteiger partial charge < -0.3 is 0 Å². The molecule has 0 aromatic heterocycles. The van der Waals surface area contributed by atoms with E-state index in [1.807, 2.05) is 0 Å². The first-order chi connectivity index (χ1) is 12.9. The second-order valence-corrected chi connectivity index (χ2v) is 44.0. The van der Waals surface area contributed by atoms with E-state index in [1.54, 1.807) is 0 Å². The number of alkyl halides is 21. The van der Waals surface area contributed by atoms with Crippen LogP contribution in [0.4, 0.5) is 0 Å². The molecular weight excluding hydrogens is 1800 g/mol. The molecule has 0 aromatic rings. The van der Waals surface area contributed by atoms with Crippen molar-refractivity contribution < 1.29 is 0 Å². The van der Waals surface area contributed by atoms with Gasteiger partial charge in [-0.15, -0.1) is 0 Å². The van der Waals surface area contributed by atoms with Gasteiger partial charge in [0.15, 0.2) is 4.29 Å². The number of rotatable bonds is 7. The summed E-state index contributed by atoms with van der Waals surface area (Å²) in [6.45, 7) is 0. The highest BCUT2D eigenvalue weighted by Gasteiger charge is 2.80. The zero-order chi connectivity index (χ0) is 26.1. The Bertz CT molecular complexity index is 632. The summed E-state index contributed by atoms with van der Waals surface area (Å²) < 4.78 is -8.90. The van der Waals surface area contributed by atoms with Crippen molar-refractivity contribution >= 4 is 335 Å². The summed E-state index contributed by atoms with van der Waals surface area (Å²) in [6.07, 6.45) is 0. The normalized spacial score (nSPS) is 16.8. The van der Waals surface area contributed by atoms with Gasteiger partial charge in [0.1, 0.15) is 23.7 Å². The van der Waals surface area contributed by atoms with E-state index in [-0.39, 0.29) is 3.74 Å². The molecule has 0 aliphatic rings. The predicted octanol–water partition coefficient (Wildman–Crippen LogP) is 15.8. The van der Waals surface area contributed by atoms with Gasteiger partial charge in [-0.25, -0.2) is 0 Å². The SMILES string of the molecule is BrC(Br)C(Br)(Br)C(Br)(Br)C(Br)(Br)C(Br)(Br)C(Br)(Br)C(Br)(Br)C(Br)(C(Br)(Br)Br)C(Br)(Br)Br. The molecule has 0 bridgehead atoms. The zero-order valence-corrected chi connectivity index (χ0v) is 46.3. The Hall–Kier alpha value is 10.1. The van der Waals surface area contributed by atoms with E-state index in [0.29, 0.717) is 0 Å². The van der Waals surface area contributed by atoms with Crippen molar-refractivity contribution in [2.24, 2.45) is 0 Å². The minimum absolute atomic E-state index is 0.218. The van der Waals surface area contributed by atoms with Crippen LogP contribution in [-0.2, 0) is 0 Å². The Kier molecular flexibility index (Phi) is 18.0. The lowest BCUT2D eigenvalue weighted by atomic mass is 10.0. The maximum Gasteiger partial charge on any atom is 0.155 e. The van der Waals surface area contributed by atoms with Gasteiger partial charge in [0.05, 0.1) is 3.74 Å². The molecule has 0 spiro atoms. The summed E-state index contributed by atoms with van der Waals surface area (Å²) in [6, 6.07) is 0. The highest BCUT2D eigenvalue weighted by atomic mass is 80.0. The predicted molar refractivity (Wildman–Crippen MR) is 216 cm³/mol. The molecule has 0 aliphatic carbocycles. The molecule has 0 fully saturated rings. The molecule has 0 aromatic carbocycles. The minimum atomic E-state index is -1.07. The lowest BCUT2D eigenvalue weighted by Crippen LogP contribution is -2.71. The fourth-order valence-corrected chi connectivity index (χ4v) is 24.9. The van der Waals surface area contributed by atoms with Crippen LogP contribution in [0.3, 0.4) is 0 Å². The monoisotopic (exact) mass is 1780 g/mol. The van der Waals surface area contributed by atoms with Crippen LogP contribution in [0.25, 0.3) is 0 Å². The molecule has 0 amide bonds. The second kappa shape index (κ2) is 13.6. The third-order valence-electron chi connectivity index (χ3n) is 3.48. The molecule has 0 radical (unpaired) electrons. The van der Waals surface area contributed by atoms with Gasteiger partial charge in [-0.05, 0) is 0 Å². The quantitative estimate of drug-likeness (QED) is 0.223. The van der Waals surface area contributed by atoms with Gasteiger partial charge in [0, 0.05) is 0 Å². The highest BCUT2D eigenvalue weighted by molar-refractivity contribution is 9.42. The van der Waals surface area contributed by atoms with Crippen LogP contribution in [0.2, 0.25) is 0 Å². The van der Waals surface area contributed by atoms with Crippen molar-refractivity contribution in [3.05, 3.63) is 0 Å². The maximum atomic E-state index is 3.90. The van der Waals surface area contributed by atoms with Gasteiger partial charge in [-0.2, -0.15) is 0 Å². The van der Waals surface area contributed by atoms with Crippen molar-refractivity contribution in [2.75, 3.05) is 0 Å². The van der Waals surface area contributed by atoms with E-state index >= 15 is 0 Å². The van der Waals surface area contributed by atoms with Crippen LogP contribution < -0.4 is 0 Å². The fourth-order valence-electron chi connectivity index (χ4n) is 1.67. The van der Waals surface area contributed by atoms with Crippen LogP contribution >= 0.6 is 335 Å². The summed E-state index contributed by atoms with van der Waals surface area (Å²) in [5, 5.41) is 0. The topological polar surface area (TPSA) is 0 Å². The van der Waals surface area contributed by atoms with Crippen LogP contribution in [-0.4, -0.2) is 31.7 Å². The Labute approximate surface area is 357 Å². The first kappa shape index (κ1) is 41.1. The van der Waals surface area contributed by atoms with Gasteiger partial charge in [-0.3, -0.25) is 0 Å². The molecule has 0 saturated heterocycles. The van der Waals surface area contributed by atoms with E-state index in [0.717, 1.165) is 0 Å². The van der Waals surface area contributed by atoms with Gasteiger partial charge in [0.2, 0.25) is 0 Å². The summed E-state index contributed by atoms with van der Waals surface area (Å²) in [5.41, 5.74) is 0. The largest absolute Gasteiger partial charge is 0.155 e. The first-order valence-corrected chi connectivity index (χ1v) is 23.2. The lowest BCUT2D eigenvalue weighted by molar-refractivity contribution is 0.535. The average molecular weight is 1800 g/mol. The molecule has 31 heavy (non-hydrogen) atoms. The average Bonchev–Trinajstić information content (AvgIpc) is 2.50. The smallest absolute Gasteiger partial charge is 0.0758 e. The molecule has 0 saturated carbocycles. The summed E-state index contributed by atoms with van der Waals surface area (Å²) >= 11 is 79.2. The molecule has 0 N–H and O–H groups in total. The van der Waals surface area contributed by atoms with E-state index in [1.165, 1.54) is 0 Å². The molecule has 21 heteroatoms. The maximum absolute atomic E-state index is 3.90. The van der Waals surface area contributed by atoms with Crippen molar-refractivity contribution in [2.45, 2.75) is 31.7 Å². The Morgan fingerprint density at radius 1 is 0.323 bits per heavy atom. The Morgan fingerprint density at radius 3 is 0.774 bits per heavy atom. The molecular formula is C10HBr21. The first-order valence-electron chi connectivity index (χ1n) is 6.32. The molecule has 0 atom stereocenters. The minimum Gasteiger partial charge on any atom is -0.0758 e. The summed E-state index contributed by atoms with van der Waals surface area (Å²) in [5.74, 6) is 0. The van der Waals surface area contributed by atoms with Gasteiger partial charge in [0.25, 0.3) is 0 Å². The molecule has 0 unspecified atom stereocenters. The molecule has 0 nitrogen and oxygen atoms in total. The molecule has 0 rings (SSSR count). The summed E-state index contributed by atoms with van der Waals surface area (Å²) in [4.78, 5) is 0. The van der Waals surface area contributed by atoms with Crippen LogP contribution in [0.5, 0.6) is 0 Å². The highest BCUT2D eigenvalue weighted by Crippen LogP contribution is 2.80. The van der Waals surface area contributed by atoms with Crippen LogP contribution in [0.1, 0.15) is 0 Å². The Morgan fingerprint density at radius 2 is 0.548 bits per heavy atom. The van der Waals surface area contributed by atoms with Crippen molar-refractivity contribution in [1.29, 1.82) is 0 Å². The van der Waals surface area contributed by atoms with Crippen LogP contribution in [0.15, 0.2) is 0 Å². The standard InChI is InChI=1S/C10HBr21/c11-1(12)2(13,14)4(16,17)6(20,21)8(24,25)7(22,23)5(18,19)3(15,9(26,27)28)10(29,30)31/h1H. The molecule has 0 aliphatic heterocycles. The van der Waals surface area contributed by atoms with E-state index in [2.05, 4.69) is 335 Å². The summed E-state index contributed by atoms with van der Waals surface area (Å²) in [7, 11) is 0. The fraction of sp³-hybridized carbons (Fsp3) is 1.00. The van der Waals surface area contributed by atoms with Crippen molar-refractivity contribution in [3.63, 3.8) is 0 Å². The lowest BCUT2D eigenvalue weighted by Gasteiger charge is -2.60. The molecule has 0 heterocycles. The second-order valence-electron chi connectivity index (χ2n) is 5.45. The number of hydrogen-bond donors (Lipinski definition) is 0. The van der Waals surface area contributed by atoms with Crippen LogP contribution in [0, 0.1) is 0 Å². The Balaban J connectivity index is 7.11. The number of halogens is 21. The third-order valence-corrected chi connectivity index (χ3v) is 41.6. The van der Waals surface area contributed by atoms with E-state index in [4.69, 9.17) is 0 Å². The van der Waals surface area contributed by atoms with E-state index < -0.39 is 28.0 Å². The third kappa shape index (κ3) is 7.49.